The molecule has 1 saturated heterocycles. The molecule has 38 heavy (non-hydrogen) atoms. The monoisotopic (exact) mass is 535 g/mol. The van der Waals surface area contributed by atoms with Crippen molar-refractivity contribution in [3.05, 3.63) is 55.6 Å². The Labute approximate surface area is 226 Å². The summed E-state index contributed by atoms with van der Waals surface area (Å²) in [5, 5.41) is 15.0. The van der Waals surface area contributed by atoms with Gasteiger partial charge in [-0.1, -0.05) is 28.9 Å². The molecule has 0 saturated carbocycles. The summed E-state index contributed by atoms with van der Waals surface area (Å²) in [4.78, 5) is 43.7. The fourth-order valence-corrected chi connectivity index (χ4v) is 4.79. The van der Waals surface area contributed by atoms with E-state index in [0.717, 1.165) is 48.9 Å². The lowest BCUT2D eigenvalue weighted by molar-refractivity contribution is -0.120. The number of nitrogens with zero attached hydrogens (tertiary/aromatic N) is 5. The summed E-state index contributed by atoms with van der Waals surface area (Å²) in [6.45, 7) is 8.33. The molecular weight excluding hydrogens is 502 g/mol. The van der Waals surface area contributed by atoms with Crippen LogP contribution in [0.25, 0.3) is 11.5 Å². The summed E-state index contributed by atoms with van der Waals surface area (Å²) < 4.78 is 2.13. The van der Waals surface area contributed by atoms with E-state index in [9.17, 15) is 19.6 Å². The Morgan fingerprint density at radius 3 is 2.61 bits per heavy atom. The quantitative estimate of drug-likeness (QED) is 0.364. The average Bonchev–Trinajstić information content (AvgIpc) is 3.21. The topological polar surface area (TPSA) is 114 Å². The molecule has 0 unspecified atom stereocenters. The van der Waals surface area contributed by atoms with E-state index in [1.54, 1.807) is 25.8 Å². The van der Waals surface area contributed by atoms with Gasteiger partial charge in [0.2, 0.25) is 5.91 Å². The Balaban J connectivity index is 1.82. The number of aromatic nitrogens is 1. The van der Waals surface area contributed by atoms with Crippen LogP contribution >= 0.6 is 11.3 Å². The maximum absolute atomic E-state index is 12.8. The van der Waals surface area contributed by atoms with Crippen LogP contribution in [0, 0.1) is 11.3 Å². The number of benzene rings is 1. The summed E-state index contributed by atoms with van der Waals surface area (Å²) in [6, 6.07) is 9.27. The number of nitriles is 1. The van der Waals surface area contributed by atoms with Gasteiger partial charge in [-0.3, -0.25) is 23.9 Å². The van der Waals surface area contributed by atoms with Gasteiger partial charge in [-0.2, -0.15) is 5.26 Å². The van der Waals surface area contributed by atoms with E-state index < -0.39 is 5.91 Å². The van der Waals surface area contributed by atoms with Gasteiger partial charge in [-0.05, 0) is 39.1 Å². The Morgan fingerprint density at radius 1 is 1.21 bits per heavy atom. The molecule has 2 aromatic rings. The number of amides is 2. The van der Waals surface area contributed by atoms with Gasteiger partial charge in [-0.25, -0.2) is 0 Å². The highest BCUT2D eigenvalue weighted by atomic mass is 32.1. The van der Waals surface area contributed by atoms with Crippen LogP contribution in [-0.4, -0.2) is 79.5 Å². The van der Waals surface area contributed by atoms with E-state index in [-0.39, 0.29) is 17.0 Å². The zero-order chi connectivity index (χ0) is 27.7. The molecule has 0 spiro atoms. The molecule has 0 atom stereocenters. The minimum Gasteiger partial charge on any atom is -0.355 e. The number of piperazine rings is 1. The number of carbonyl (C=O) groups is 2. The second kappa shape index (κ2) is 13.6. The van der Waals surface area contributed by atoms with Crippen molar-refractivity contribution in [3.8, 4) is 6.07 Å². The number of carbonyl (C=O) groups excluding carboxylic acids is 2. The highest BCUT2D eigenvalue weighted by Gasteiger charge is 2.19. The fourth-order valence-electron chi connectivity index (χ4n) is 3.81. The first-order chi connectivity index (χ1) is 18.3. The molecule has 0 aliphatic carbocycles. The van der Waals surface area contributed by atoms with Crippen molar-refractivity contribution in [1.82, 2.24) is 19.7 Å². The Bertz CT molecular complexity index is 1460. The molecule has 0 radical (unpaired) electrons. The second-order valence-electron chi connectivity index (χ2n) is 8.77. The summed E-state index contributed by atoms with van der Waals surface area (Å²) in [5.41, 5.74) is 6.74. The molecule has 0 bridgehead atoms. The van der Waals surface area contributed by atoms with Gasteiger partial charge in [-0.15, -0.1) is 0 Å². The smallest absolute Gasteiger partial charge is 0.277 e. The van der Waals surface area contributed by atoms with E-state index in [1.807, 2.05) is 30.3 Å². The van der Waals surface area contributed by atoms with Crippen molar-refractivity contribution in [2.45, 2.75) is 20.4 Å². The molecule has 3 rings (SSSR count). The number of hydrogen-bond donors (Lipinski definition) is 2. The maximum atomic E-state index is 12.8. The number of rotatable bonds is 8. The minimum atomic E-state index is -0.534. The van der Waals surface area contributed by atoms with Gasteiger partial charge in [0.05, 0.1) is 6.54 Å². The van der Waals surface area contributed by atoms with Gasteiger partial charge < -0.3 is 20.4 Å². The summed E-state index contributed by atoms with van der Waals surface area (Å²) in [5.74, 6) is -0.512. The fraction of sp³-hybridized carbons (Fsp3) is 0.407. The second-order valence-corrected chi connectivity index (χ2v) is 9.77. The van der Waals surface area contributed by atoms with Crippen molar-refractivity contribution < 1.29 is 9.59 Å². The van der Waals surface area contributed by atoms with Crippen LogP contribution < -0.4 is 30.3 Å². The summed E-state index contributed by atoms with van der Waals surface area (Å²) in [6.07, 6.45) is 1.53. The number of anilines is 2. The normalized spacial score (nSPS) is 13.6. The van der Waals surface area contributed by atoms with E-state index in [4.69, 9.17) is 0 Å². The molecule has 1 fully saturated rings. The minimum absolute atomic E-state index is 0.0219. The lowest BCUT2D eigenvalue weighted by atomic mass is 10.2. The molecule has 2 heterocycles. The third-order valence-electron chi connectivity index (χ3n) is 6.11. The molecule has 2 N–H and O–H groups in total. The largest absolute Gasteiger partial charge is 0.355 e. The van der Waals surface area contributed by atoms with Gasteiger partial charge >= 0.3 is 0 Å². The molecule has 11 heteroatoms. The molecular formula is C27H33N7O3S. The summed E-state index contributed by atoms with van der Waals surface area (Å²) in [7, 11) is 3.85. The molecule has 1 aromatic heterocycles. The molecule has 1 aliphatic heterocycles. The standard InChI is InChI=1S/C27H33N7O3S/c1-5-29-26(36)20(18-28)16-25-34(6-2)27(37)23(38-25)10-11-30-21-8-7-9-22(17-21)32(4)24(35)19-33-14-12-31(3)13-15-33/h7-9,11,17,30H,5-6,12-15,19H2,1-4H3,(H,29,36). The van der Waals surface area contributed by atoms with Gasteiger partial charge in [0.1, 0.15) is 15.3 Å². The Morgan fingerprint density at radius 2 is 1.95 bits per heavy atom. The van der Waals surface area contributed by atoms with E-state index >= 15 is 0 Å². The first-order valence-corrected chi connectivity index (χ1v) is 13.3. The van der Waals surface area contributed by atoms with Gasteiger partial charge in [0, 0.05) is 63.9 Å². The third kappa shape index (κ3) is 7.33. The highest BCUT2D eigenvalue weighted by molar-refractivity contribution is 7.07. The number of nitrogens with one attached hydrogen (secondary N) is 2. The number of likely N-dealkylation sites (N-methyl/N-ethyl adjacent to an activating group) is 3. The maximum Gasteiger partial charge on any atom is 0.277 e. The molecule has 200 valence electrons. The Hall–Kier alpha value is -3.90. The third-order valence-corrected chi connectivity index (χ3v) is 7.12. The van der Waals surface area contributed by atoms with Crippen LogP contribution in [0.15, 0.2) is 40.8 Å². The lowest BCUT2D eigenvalue weighted by Crippen LogP contribution is -2.48. The van der Waals surface area contributed by atoms with E-state index in [2.05, 4.69) is 38.9 Å². The molecule has 2 amide bonds. The predicted molar refractivity (Wildman–Crippen MR) is 150 cm³/mol. The molecule has 1 aliphatic rings. The van der Waals surface area contributed by atoms with Crippen LogP contribution in [-0.2, 0) is 16.1 Å². The molecule has 10 nitrogen and oxygen atoms in total. The van der Waals surface area contributed by atoms with Crippen molar-refractivity contribution in [3.63, 3.8) is 0 Å². The van der Waals surface area contributed by atoms with Crippen molar-refractivity contribution in [2.75, 3.05) is 63.6 Å². The van der Waals surface area contributed by atoms with Crippen molar-refractivity contribution in [2.24, 2.45) is 0 Å². The SMILES string of the molecule is CCNC(=O)C(=C=c1sc(=C=CNc2cccc(N(C)C(=O)CN3CCN(C)CC3)c2)c(=O)n1CC)C#N. The highest BCUT2D eigenvalue weighted by Crippen LogP contribution is 2.19. The number of hydrogen-bond acceptors (Lipinski definition) is 8. The first kappa shape index (κ1) is 28.7. The molecule has 1 aromatic carbocycles. The average molecular weight is 536 g/mol. The van der Waals surface area contributed by atoms with Crippen molar-refractivity contribution in [1.29, 1.82) is 5.26 Å². The zero-order valence-electron chi connectivity index (χ0n) is 22.2. The Kier molecular flexibility index (Phi) is 10.3. The van der Waals surface area contributed by atoms with E-state index in [1.165, 1.54) is 10.8 Å². The van der Waals surface area contributed by atoms with Gasteiger partial charge in [0.15, 0.2) is 5.57 Å². The zero-order valence-corrected chi connectivity index (χ0v) is 23.0. The predicted octanol–water partition coefficient (Wildman–Crippen LogP) is 0.111. The van der Waals surface area contributed by atoms with Crippen LogP contribution in [0.1, 0.15) is 13.8 Å². The van der Waals surface area contributed by atoms with E-state index in [0.29, 0.717) is 28.8 Å². The number of thiazole rings is 1. The van der Waals surface area contributed by atoms with Crippen molar-refractivity contribution >= 4 is 46.0 Å². The van der Waals surface area contributed by atoms with Crippen LogP contribution in [0.3, 0.4) is 0 Å². The lowest BCUT2D eigenvalue weighted by Gasteiger charge is -2.32. The van der Waals surface area contributed by atoms with Crippen LogP contribution in [0.4, 0.5) is 11.4 Å². The van der Waals surface area contributed by atoms with Gasteiger partial charge in [0.25, 0.3) is 11.5 Å². The first-order valence-electron chi connectivity index (χ1n) is 12.5. The summed E-state index contributed by atoms with van der Waals surface area (Å²) >= 11 is 1.10. The van der Waals surface area contributed by atoms with Crippen LogP contribution in [0.2, 0.25) is 0 Å². The van der Waals surface area contributed by atoms with Crippen LogP contribution in [0.5, 0.6) is 0 Å².